The van der Waals surface area contributed by atoms with E-state index in [0.717, 1.165) is 17.5 Å². The number of rotatable bonds is 5. The third-order valence-electron chi connectivity index (χ3n) is 5.33. The third kappa shape index (κ3) is 4.09. The first kappa shape index (κ1) is 21.9. The van der Waals surface area contributed by atoms with Gasteiger partial charge in [0.05, 0.1) is 16.3 Å². The number of hydrogen-bond acceptors (Lipinski definition) is 5. The van der Waals surface area contributed by atoms with Crippen LogP contribution in [-0.4, -0.2) is 23.4 Å². The van der Waals surface area contributed by atoms with Gasteiger partial charge in [0.2, 0.25) is 0 Å². The lowest BCUT2D eigenvalue weighted by Gasteiger charge is -2.30. The Morgan fingerprint density at radius 2 is 1.68 bits per heavy atom. The second kappa shape index (κ2) is 7.96. The van der Waals surface area contributed by atoms with Crippen molar-refractivity contribution in [2.75, 3.05) is 15.6 Å². The topological polar surface area (TPSA) is 83.6 Å². The second-order valence-corrected chi connectivity index (χ2v) is 12.4. The largest absolute Gasteiger partial charge is 0.280 e. The van der Waals surface area contributed by atoms with Gasteiger partial charge in [-0.2, -0.15) is 0 Å². The zero-order chi connectivity index (χ0) is 22.4. The molecule has 9 heteroatoms. The van der Waals surface area contributed by atoms with E-state index < -0.39 is 20.0 Å². The van der Waals surface area contributed by atoms with E-state index in [1.54, 1.807) is 49.6 Å². The Morgan fingerprint density at radius 3 is 2.32 bits per heavy atom. The molecule has 0 aliphatic carbocycles. The summed E-state index contributed by atoms with van der Waals surface area (Å²) in [6, 6.07) is 12.1. The molecule has 0 spiro atoms. The molecule has 0 saturated carbocycles. The van der Waals surface area contributed by atoms with Gasteiger partial charge in [-0.1, -0.05) is 29.8 Å². The van der Waals surface area contributed by atoms with Crippen molar-refractivity contribution < 1.29 is 16.8 Å². The molecule has 3 aromatic rings. The molecule has 2 heterocycles. The molecule has 1 aromatic heterocycles. The second-order valence-electron chi connectivity index (χ2n) is 7.79. The summed E-state index contributed by atoms with van der Waals surface area (Å²) < 4.78 is 56.9. The quantitative estimate of drug-likeness (QED) is 0.583. The van der Waals surface area contributed by atoms with Gasteiger partial charge in [0, 0.05) is 6.54 Å². The average Bonchev–Trinajstić information content (AvgIpc) is 3.21. The van der Waals surface area contributed by atoms with E-state index in [0.29, 0.717) is 35.5 Å². The van der Waals surface area contributed by atoms with Crippen LogP contribution in [0.15, 0.2) is 56.9 Å². The first-order chi connectivity index (χ1) is 14.6. The van der Waals surface area contributed by atoms with Gasteiger partial charge in [-0.25, -0.2) is 16.8 Å². The SMILES string of the molecule is Cc1cc(C)c(S(=O)(=O)Nc2ccc3c(c2)N(S(=O)(=O)c2cccs2)CCC3)c(C)c1. The van der Waals surface area contributed by atoms with Crippen LogP contribution in [0.25, 0.3) is 0 Å². The minimum atomic E-state index is -3.83. The summed E-state index contributed by atoms with van der Waals surface area (Å²) in [5.41, 5.74) is 4.09. The average molecular weight is 477 g/mol. The summed E-state index contributed by atoms with van der Waals surface area (Å²) in [5, 5.41) is 1.73. The number of aryl methyl sites for hydroxylation is 4. The molecule has 0 bridgehead atoms. The highest BCUT2D eigenvalue weighted by molar-refractivity contribution is 7.94. The molecular formula is C22H24N2O4S3. The summed E-state index contributed by atoms with van der Waals surface area (Å²) in [6.45, 7) is 5.84. The van der Waals surface area contributed by atoms with Crippen LogP contribution in [0, 0.1) is 20.8 Å². The highest BCUT2D eigenvalue weighted by atomic mass is 32.2. The summed E-state index contributed by atoms with van der Waals surface area (Å²) in [7, 11) is -7.52. The molecule has 2 aromatic carbocycles. The van der Waals surface area contributed by atoms with E-state index in [1.807, 2.05) is 19.1 Å². The number of sulfonamides is 2. The first-order valence-corrected chi connectivity index (χ1v) is 13.7. The van der Waals surface area contributed by atoms with Crippen molar-refractivity contribution in [2.45, 2.75) is 42.7 Å². The van der Waals surface area contributed by atoms with Crippen molar-refractivity contribution in [1.82, 2.24) is 0 Å². The van der Waals surface area contributed by atoms with E-state index in [2.05, 4.69) is 4.72 Å². The minimum absolute atomic E-state index is 0.249. The maximum atomic E-state index is 13.1. The Kier molecular flexibility index (Phi) is 5.61. The van der Waals surface area contributed by atoms with Crippen LogP contribution in [0.5, 0.6) is 0 Å². The molecule has 1 aliphatic rings. The molecule has 1 aliphatic heterocycles. The van der Waals surface area contributed by atoms with Gasteiger partial charge < -0.3 is 0 Å². The van der Waals surface area contributed by atoms with Crippen molar-refractivity contribution in [1.29, 1.82) is 0 Å². The zero-order valence-corrected chi connectivity index (χ0v) is 20.0. The van der Waals surface area contributed by atoms with Crippen molar-refractivity contribution in [2.24, 2.45) is 0 Å². The standard InChI is InChI=1S/C22H24N2O4S3/c1-15-12-16(2)22(17(3)13-15)30(25,26)23-19-9-8-18-6-4-10-24(20(18)14-19)31(27,28)21-7-5-11-29-21/h5,7-9,11-14,23H,4,6,10H2,1-3H3. The monoisotopic (exact) mass is 476 g/mol. The van der Waals surface area contributed by atoms with Gasteiger partial charge >= 0.3 is 0 Å². The molecule has 0 fully saturated rings. The van der Waals surface area contributed by atoms with Crippen molar-refractivity contribution >= 4 is 42.8 Å². The number of fused-ring (bicyclic) bond motifs is 1. The number of benzene rings is 2. The number of nitrogens with zero attached hydrogens (tertiary/aromatic N) is 1. The fraction of sp³-hybridized carbons (Fsp3) is 0.273. The number of hydrogen-bond donors (Lipinski definition) is 1. The van der Waals surface area contributed by atoms with Crippen LogP contribution in [-0.2, 0) is 26.5 Å². The minimum Gasteiger partial charge on any atom is -0.280 e. The van der Waals surface area contributed by atoms with Gasteiger partial charge in [0.25, 0.3) is 20.0 Å². The molecule has 1 N–H and O–H groups in total. The molecule has 31 heavy (non-hydrogen) atoms. The van der Waals surface area contributed by atoms with Crippen LogP contribution in [0.1, 0.15) is 28.7 Å². The van der Waals surface area contributed by atoms with Crippen LogP contribution in [0.4, 0.5) is 11.4 Å². The van der Waals surface area contributed by atoms with Crippen LogP contribution < -0.4 is 9.03 Å². The molecule has 0 amide bonds. The summed E-state index contributed by atoms with van der Waals surface area (Å²) in [4.78, 5) is 0.249. The van der Waals surface area contributed by atoms with Crippen molar-refractivity contribution in [3.05, 3.63) is 70.1 Å². The Labute approximate surface area is 187 Å². The highest BCUT2D eigenvalue weighted by Gasteiger charge is 2.30. The van der Waals surface area contributed by atoms with E-state index in [4.69, 9.17) is 0 Å². The zero-order valence-electron chi connectivity index (χ0n) is 17.5. The Morgan fingerprint density at radius 1 is 0.968 bits per heavy atom. The predicted molar refractivity (Wildman–Crippen MR) is 125 cm³/mol. The molecule has 6 nitrogen and oxygen atoms in total. The van der Waals surface area contributed by atoms with Gasteiger partial charge in [-0.05, 0) is 73.9 Å². The van der Waals surface area contributed by atoms with E-state index >= 15 is 0 Å². The Bertz CT molecular complexity index is 1320. The lowest BCUT2D eigenvalue weighted by Crippen LogP contribution is -2.35. The van der Waals surface area contributed by atoms with Crippen LogP contribution in [0.3, 0.4) is 0 Å². The number of nitrogens with one attached hydrogen (secondary N) is 1. The van der Waals surface area contributed by atoms with E-state index in [-0.39, 0.29) is 9.10 Å². The van der Waals surface area contributed by atoms with Gasteiger partial charge in [0.15, 0.2) is 0 Å². The molecule has 0 unspecified atom stereocenters. The molecular weight excluding hydrogens is 452 g/mol. The molecule has 0 atom stereocenters. The fourth-order valence-corrected chi connectivity index (χ4v) is 8.31. The third-order valence-corrected chi connectivity index (χ3v) is 10.2. The van der Waals surface area contributed by atoms with Crippen molar-refractivity contribution in [3.8, 4) is 0 Å². The lowest BCUT2D eigenvalue weighted by atomic mass is 10.0. The van der Waals surface area contributed by atoms with Crippen LogP contribution in [0.2, 0.25) is 0 Å². The molecule has 4 rings (SSSR count). The van der Waals surface area contributed by atoms with Gasteiger partial charge in [0.1, 0.15) is 4.21 Å². The molecule has 0 saturated heterocycles. The fourth-order valence-electron chi connectivity index (χ4n) is 4.17. The smallest absolute Gasteiger partial charge is 0.273 e. The first-order valence-electron chi connectivity index (χ1n) is 9.89. The summed E-state index contributed by atoms with van der Waals surface area (Å²) in [5.74, 6) is 0. The van der Waals surface area contributed by atoms with E-state index in [1.165, 1.54) is 15.6 Å². The summed E-state index contributed by atoms with van der Waals surface area (Å²) >= 11 is 1.17. The lowest BCUT2D eigenvalue weighted by molar-refractivity contribution is 0.588. The predicted octanol–water partition coefficient (Wildman–Crippen LogP) is 4.62. The van der Waals surface area contributed by atoms with Crippen molar-refractivity contribution in [3.63, 3.8) is 0 Å². The maximum Gasteiger partial charge on any atom is 0.273 e. The normalized spacial score (nSPS) is 14.4. The van der Waals surface area contributed by atoms with E-state index in [9.17, 15) is 16.8 Å². The van der Waals surface area contributed by atoms with Gasteiger partial charge in [-0.3, -0.25) is 9.03 Å². The number of anilines is 2. The maximum absolute atomic E-state index is 13.1. The van der Waals surface area contributed by atoms with Gasteiger partial charge in [-0.15, -0.1) is 11.3 Å². The number of thiophene rings is 1. The van der Waals surface area contributed by atoms with Crippen LogP contribution >= 0.6 is 11.3 Å². The highest BCUT2D eigenvalue weighted by Crippen LogP contribution is 2.36. The Hall–Kier alpha value is -2.36. The molecule has 164 valence electrons. The molecule has 0 radical (unpaired) electrons. The Balaban J connectivity index is 1.73. The summed E-state index contributed by atoms with van der Waals surface area (Å²) in [6.07, 6.45) is 1.46.